The zero-order valence-electron chi connectivity index (χ0n) is 16.1. The van der Waals surface area contributed by atoms with Crippen LogP contribution in [-0.2, 0) is 0 Å². The van der Waals surface area contributed by atoms with Crippen molar-refractivity contribution < 1.29 is 5.11 Å². The largest absolute Gasteiger partial charge is 0.387 e. The van der Waals surface area contributed by atoms with Crippen molar-refractivity contribution in [1.29, 1.82) is 0 Å². The molecule has 3 aromatic carbocycles. The predicted molar refractivity (Wildman–Crippen MR) is 116 cm³/mol. The Hall–Kier alpha value is -2.62. The van der Waals surface area contributed by atoms with Gasteiger partial charge in [0.1, 0.15) is 0 Å². The molecule has 1 atom stereocenters. The molecule has 4 aromatic rings. The molecule has 1 aliphatic heterocycles. The molecule has 1 fully saturated rings. The summed E-state index contributed by atoms with van der Waals surface area (Å²) in [6.07, 6.45) is 3.27. The van der Waals surface area contributed by atoms with Gasteiger partial charge in [-0.3, -0.25) is 0 Å². The summed E-state index contributed by atoms with van der Waals surface area (Å²) in [5, 5.41) is 14.8. The van der Waals surface area contributed by atoms with Crippen molar-refractivity contribution in [3.63, 3.8) is 0 Å². The third-order valence-electron chi connectivity index (χ3n) is 6.00. The van der Waals surface area contributed by atoms with Crippen LogP contribution in [0.5, 0.6) is 0 Å². The molecule has 0 spiro atoms. The van der Waals surface area contributed by atoms with Crippen molar-refractivity contribution >= 4 is 21.7 Å². The number of aliphatic hydroxyl groups is 1. The summed E-state index contributed by atoms with van der Waals surface area (Å²) < 4.78 is 0. The molecule has 0 radical (unpaired) electrons. The molecule has 3 heteroatoms. The molecule has 3 nitrogen and oxygen atoms in total. The van der Waals surface area contributed by atoms with E-state index >= 15 is 0 Å². The fourth-order valence-electron chi connectivity index (χ4n) is 4.56. The Kier molecular flexibility index (Phi) is 4.63. The SMILES string of the molecule is OC(CN1CCCCC1)c1c(-c2ccc3ccccc3c2)[nH]c2ccccc12. The number of rotatable bonds is 4. The number of aliphatic hydroxyl groups excluding tert-OH is 1. The average Bonchev–Trinajstić information content (AvgIpc) is 3.14. The quantitative estimate of drug-likeness (QED) is 0.497. The van der Waals surface area contributed by atoms with Crippen molar-refractivity contribution in [1.82, 2.24) is 9.88 Å². The molecule has 0 amide bonds. The van der Waals surface area contributed by atoms with Crippen molar-refractivity contribution in [2.45, 2.75) is 25.4 Å². The number of likely N-dealkylation sites (tertiary alicyclic amines) is 1. The highest BCUT2D eigenvalue weighted by molar-refractivity contribution is 5.94. The van der Waals surface area contributed by atoms with Crippen LogP contribution in [0.1, 0.15) is 30.9 Å². The van der Waals surface area contributed by atoms with E-state index < -0.39 is 6.10 Å². The number of hydrogen-bond donors (Lipinski definition) is 2. The highest BCUT2D eigenvalue weighted by Crippen LogP contribution is 2.36. The molecule has 0 saturated carbocycles. The van der Waals surface area contributed by atoms with Gasteiger partial charge in [0.15, 0.2) is 0 Å². The number of nitrogens with zero attached hydrogens (tertiary/aromatic N) is 1. The maximum absolute atomic E-state index is 11.3. The van der Waals surface area contributed by atoms with Crippen molar-refractivity contribution in [2.24, 2.45) is 0 Å². The highest BCUT2D eigenvalue weighted by atomic mass is 16.3. The normalized spacial score (nSPS) is 16.6. The molecule has 142 valence electrons. The Morgan fingerprint density at radius 2 is 1.61 bits per heavy atom. The molecule has 0 bridgehead atoms. The molecule has 1 aromatic heterocycles. The van der Waals surface area contributed by atoms with Crippen molar-refractivity contribution in [2.75, 3.05) is 19.6 Å². The predicted octanol–water partition coefficient (Wildman–Crippen LogP) is 5.51. The first-order valence-corrected chi connectivity index (χ1v) is 10.3. The van der Waals surface area contributed by atoms with Crippen molar-refractivity contribution in [3.8, 4) is 11.3 Å². The third kappa shape index (κ3) is 3.21. The second-order valence-electron chi connectivity index (χ2n) is 7.90. The van der Waals surface area contributed by atoms with Gasteiger partial charge in [0, 0.05) is 23.0 Å². The van der Waals surface area contributed by atoms with Crippen LogP contribution in [0.15, 0.2) is 66.7 Å². The van der Waals surface area contributed by atoms with Crippen LogP contribution in [0.25, 0.3) is 32.9 Å². The maximum atomic E-state index is 11.3. The number of benzene rings is 3. The molecular formula is C25H26N2O. The summed E-state index contributed by atoms with van der Waals surface area (Å²) in [6.45, 7) is 2.87. The summed E-state index contributed by atoms with van der Waals surface area (Å²) in [4.78, 5) is 5.99. The fourth-order valence-corrected chi connectivity index (χ4v) is 4.56. The van der Waals surface area contributed by atoms with E-state index in [1.165, 1.54) is 30.0 Å². The molecule has 1 aliphatic rings. The lowest BCUT2D eigenvalue weighted by atomic mass is 9.98. The molecule has 2 N–H and O–H groups in total. The molecule has 5 rings (SSSR count). The van der Waals surface area contributed by atoms with Gasteiger partial charge < -0.3 is 15.0 Å². The Bertz CT molecular complexity index is 1110. The van der Waals surface area contributed by atoms with Crippen LogP contribution in [0.2, 0.25) is 0 Å². The van der Waals surface area contributed by atoms with Crippen LogP contribution in [-0.4, -0.2) is 34.6 Å². The van der Waals surface area contributed by atoms with Gasteiger partial charge >= 0.3 is 0 Å². The van der Waals surface area contributed by atoms with Crippen LogP contribution in [0, 0.1) is 0 Å². The molecular weight excluding hydrogens is 344 g/mol. The first-order chi connectivity index (χ1) is 13.8. The minimum atomic E-state index is -0.504. The average molecular weight is 370 g/mol. The number of hydrogen-bond acceptors (Lipinski definition) is 2. The summed E-state index contributed by atoms with van der Waals surface area (Å²) in [6, 6.07) is 23.3. The van der Waals surface area contributed by atoms with Gasteiger partial charge in [-0.1, -0.05) is 61.0 Å². The van der Waals surface area contributed by atoms with Crippen LogP contribution in [0.4, 0.5) is 0 Å². The lowest BCUT2D eigenvalue weighted by Gasteiger charge is -2.28. The number of piperidine rings is 1. The van der Waals surface area contributed by atoms with E-state index in [-0.39, 0.29) is 0 Å². The fraction of sp³-hybridized carbons (Fsp3) is 0.280. The summed E-state index contributed by atoms with van der Waals surface area (Å²) in [5.74, 6) is 0. The van der Waals surface area contributed by atoms with Crippen molar-refractivity contribution in [3.05, 3.63) is 72.3 Å². The van der Waals surface area contributed by atoms with Crippen LogP contribution in [0.3, 0.4) is 0 Å². The van der Waals surface area contributed by atoms with Gasteiger partial charge in [0.05, 0.1) is 11.8 Å². The summed E-state index contributed by atoms with van der Waals surface area (Å²) in [7, 11) is 0. The van der Waals surface area contributed by atoms with E-state index in [0.717, 1.165) is 40.8 Å². The van der Waals surface area contributed by atoms with E-state index in [1.807, 2.05) is 6.07 Å². The molecule has 2 heterocycles. The number of fused-ring (bicyclic) bond motifs is 2. The number of β-amino-alcohol motifs (C(OH)–C–C–N with tert-alkyl or cyclic N) is 1. The smallest absolute Gasteiger partial charge is 0.0943 e. The van der Waals surface area contributed by atoms with Gasteiger partial charge in [-0.25, -0.2) is 0 Å². The second-order valence-corrected chi connectivity index (χ2v) is 7.90. The first kappa shape index (κ1) is 17.5. The van der Waals surface area contributed by atoms with Gasteiger partial charge in [0.2, 0.25) is 0 Å². The Morgan fingerprint density at radius 3 is 2.46 bits per heavy atom. The Labute approximate surface area is 165 Å². The van der Waals surface area contributed by atoms with Crippen LogP contribution >= 0.6 is 0 Å². The van der Waals surface area contributed by atoms with E-state index in [9.17, 15) is 5.11 Å². The number of para-hydroxylation sites is 1. The zero-order valence-corrected chi connectivity index (χ0v) is 16.1. The summed E-state index contributed by atoms with van der Waals surface area (Å²) >= 11 is 0. The highest BCUT2D eigenvalue weighted by Gasteiger charge is 2.23. The number of aromatic nitrogens is 1. The minimum absolute atomic E-state index is 0.504. The molecule has 1 unspecified atom stereocenters. The number of nitrogens with one attached hydrogen (secondary N) is 1. The molecule has 28 heavy (non-hydrogen) atoms. The Morgan fingerprint density at radius 1 is 0.857 bits per heavy atom. The van der Waals surface area contributed by atoms with E-state index in [0.29, 0.717) is 6.54 Å². The monoisotopic (exact) mass is 370 g/mol. The standard InChI is InChI=1S/C25H26N2O/c28-23(17-27-14-6-1-7-15-27)24-21-10-4-5-11-22(21)26-25(24)20-13-12-18-8-2-3-9-19(18)16-20/h2-5,8-13,16,23,26,28H,1,6-7,14-15,17H2. The number of aromatic amines is 1. The molecule has 0 aliphatic carbocycles. The van der Waals surface area contributed by atoms with Gasteiger partial charge in [0.25, 0.3) is 0 Å². The third-order valence-corrected chi connectivity index (χ3v) is 6.00. The maximum Gasteiger partial charge on any atom is 0.0943 e. The first-order valence-electron chi connectivity index (χ1n) is 10.3. The molecule has 1 saturated heterocycles. The van der Waals surface area contributed by atoms with E-state index in [2.05, 4.69) is 70.5 Å². The minimum Gasteiger partial charge on any atom is -0.387 e. The Balaban J connectivity index is 1.60. The van der Waals surface area contributed by atoms with Gasteiger partial charge in [-0.05, 0) is 54.4 Å². The van der Waals surface area contributed by atoms with E-state index in [1.54, 1.807) is 0 Å². The lowest BCUT2D eigenvalue weighted by molar-refractivity contribution is 0.103. The van der Waals surface area contributed by atoms with Gasteiger partial charge in [-0.2, -0.15) is 0 Å². The van der Waals surface area contributed by atoms with Crippen LogP contribution < -0.4 is 0 Å². The zero-order chi connectivity index (χ0) is 18.9. The topological polar surface area (TPSA) is 39.3 Å². The number of H-pyrrole nitrogens is 1. The lowest BCUT2D eigenvalue weighted by Crippen LogP contribution is -2.33. The van der Waals surface area contributed by atoms with Gasteiger partial charge in [-0.15, -0.1) is 0 Å². The summed E-state index contributed by atoms with van der Waals surface area (Å²) in [5.41, 5.74) is 4.27. The second kappa shape index (κ2) is 7.42. The van der Waals surface area contributed by atoms with E-state index in [4.69, 9.17) is 0 Å².